The van der Waals surface area contributed by atoms with Gasteiger partial charge in [-0.15, -0.1) is 0 Å². The molecule has 0 unspecified atom stereocenters. The average molecular weight is 344 g/mol. The van der Waals surface area contributed by atoms with Crippen molar-refractivity contribution in [3.05, 3.63) is 29.6 Å². The second-order valence-electron chi connectivity index (χ2n) is 6.06. The summed E-state index contributed by atoms with van der Waals surface area (Å²) in [5.41, 5.74) is -0.338. The molecule has 132 valence electrons. The first kappa shape index (κ1) is 16.9. The minimum Gasteiger partial charge on any atom is -0.434 e. The van der Waals surface area contributed by atoms with Crippen LogP contribution >= 0.6 is 0 Å². The van der Waals surface area contributed by atoms with Gasteiger partial charge in [0.1, 0.15) is 11.6 Å². The second kappa shape index (κ2) is 6.88. The lowest BCUT2D eigenvalue weighted by molar-refractivity contribution is -0.141. The molecule has 0 radical (unpaired) electrons. The van der Waals surface area contributed by atoms with Gasteiger partial charge in [0, 0.05) is 12.1 Å². The van der Waals surface area contributed by atoms with Gasteiger partial charge in [-0.2, -0.15) is 8.78 Å². The molecule has 1 aromatic carbocycles. The van der Waals surface area contributed by atoms with Gasteiger partial charge in [0.15, 0.2) is 0 Å². The fourth-order valence-corrected chi connectivity index (χ4v) is 3.08. The smallest absolute Gasteiger partial charge is 0.387 e. The first-order chi connectivity index (χ1) is 11.5. The Morgan fingerprint density at radius 2 is 2.21 bits per heavy atom. The molecule has 0 aromatic heterocycles. The molecule has 24 heavy (non-hydrogen) atoms. The monoisotopic (exact) mass is 344 g/mol. The zero-order chi connectivity index (χ0) is 17.2. The Bertz CT molecular complexity index is 608. The number of benzene rings is 1. The largest absolute Gasteiger partial charge is 0.434 e. The summed E-state index contributed by atoms with van der Waals surface area (Å²) in [4.78, 5) is 13.9. The van der Waals surface area contributed by atoms with Gasteiger partial charge < -0.3 is 19.7 Å². The van der Waals surface area contributed by atoms with Gasteiger partial charge in [-0.25, -0.2) is 9.18 Å². The molecule has 5 nitrogen and oxygen atoms in total. The van der Waals surface area contributed by atoms with E-state index in [1.54, 1.807) is 4.90 Å². The number of nitrogens with zero attached hydrogens (tertiary/aromatic N) is 1. The topological polar surface area (TPSA) is 50.8 Å². The van der Waals surface area contributed by atoms with E-state index in [1.807, 2.05) is 0 Å². The Morgan fingerprint density at radius 1 is 1.42 bits per heavy atom. The fourth-order valence-electron chi connectivity index (χ4n) is 3.08. The summed E-state index contributed by atoms with van der Waals surface area (Å²) in [6.07, 6.45) is 2.94. The van der Waals surface area contributed by atoms with Gasteiger partial charge in [-0.3, -0.25) is 0 Å². The number of halogens is 3. The van der Waals surface area contributed by atoms with Crippen LogP contribution in [0.5, 0.6) is 5.75 Å². The number of carbonyl (C=O) groups is 1. The SMILES string of the molecule is O=C(NCc1c(F)cccc1OC(F)F)N1CCOC2(CCC2)C1. The number of morpholine rings is 1. The Balaban J connectivity index is 1.62. The molecule has 1 heterocycles. The van der Waals surface area contributed by atoms with E-state index >= 15 is 0 Å². The summed E-state index contributed by atoms with van der Waals surface area (Å²) in [7, 11) is 0. The zero-order valence-corrected chi connectivity index (χ0v) is 13.1. The highest BCUT2D eigenvalue weighted by molar-refractivity contribution is 5.74. The van der Waals surface area contributed by atoms with E-state index in [0.29, 0.717) is 19.7 Å². The van der Waals surface area contributed by atoms with Crippen LogP contribution in [0, 0.1) is 5.82 Å². The highest BCUT2D eigenvalue weighted by atomic mass is 19.3. The molecule has 3 rings (SSSR count). The molecule has 8 heteroatoms. The van der Waals surface area contributed by atoms with Gasteiger partial charge in [0.2, 0.25) is 0 Å². The molecule has 2 fully saturated rings. The summed E-state index contributed by atoms with van der Waals surface area (Å²) in [6, 6.07) is 3.30. The Morgan fingerprint density at radius 3 is 2.88 bits per heavy atom. The molecule has 1 N–H and O–H groups in total. The summed E-state index contributed by atoms with van der Waals surface area (Å²) in [6.45, 7) is -1.87. The molecule has 0 atom stereocenters. The third-order valence-corrected chi connectivity index (χ3v) is 4.51. The van der Waals surface area contributed by atoms with Crippen LogP contribution in [0.2, 0.25) is 0 Å². The molecule has 1 aliphatic carbocycles. The van der Waals surface area contributed by atoms with Crippen LogP contribution in [0.4, 0.5) is 18.0 Å². The molecule has 1 saturated carbocycles. The molecule has 0 bridgehead atoms. The number of ether oxygens (including phenoxy) is 2. The van der Waals surface area contributed by atoms with Gasteiger partial charge in [0.25, 0.3) is 0 Å². The molecular weight excluding hydrogens is 325 g/mol. The number of hydrogen-bond donors (Lipinski definition) is 1. The van der Waals surface area contributed by atoms with E-state index in [1.165, 1.54) is 12.1 Å². The van der Waals surface area contributed by atoms with Crippen molar-refractivity contribution in [3.8, 4) is 5.75 Å². The maximum absolute atomic E-state index is 13.9. The van der Waals surface area contributed by atoms with Crippen molar-refractivity contribution in [1.82, 2.24) is 10.2 Å². The van der Waals surface area contributed by atoms with Crippen LogP contribution in [-0.4, -0.2) is 42.8 Å². The lowest BCUT2D eigenvalue weighted by atomic mass is 9.79. The number of urea groups is 1. The summed E-state index contributed by atoms with van der Waals surface area (Å²) >= 11 is 0. The zero-order valence-electron chi connectivity index (χ0n) is 13.1. The lowest BCUT2D eigenvalue weighted by Gasteiger charge is -2.48. The lowest BCUT2D eigenvalue weighted by Crippen LogP contribution is -2.58. The fraction of sp³-hybridized carbons (Fsp3) is 0.562. The Labute approximate surface area is 137 Å². The van der Waals surface area contributed by atoms with Crippen molar-refractivity contribution in [1.29, 1.82) is 0 Å². The predicted octanol–water partition coefficient (Wildman–Crippen LogP) is 2.89. The number of nitrogens with one attached hydrogen (secondary N) is 1. The number of hydrogen-bond acceptors (Lipinski definition) is 3. The number of alkyl halides is 2. The van der Waals surface area contributed by atoms with Gasteiger partial charge >= 0.3 is 12.6 Å². The average Bonchev–Trinajstić information content (AvgIpc) is 2.52. The van der Waals surface area contributed by atoms with E-state index in [4.69, 9.17) is 4.74 Å². The van der Waals surface area contributed by atoms with E-state index in [2.05, 4.69) is 10.1 Å². The summed E-state index contributed by atoms with van der Waals surface area (Å²) < 4.78 is 48.7. The highest BCUT2D eigenvalue weighted by Crippen LogP contribution is 2.38. The van der Waals surface area contributed by atoms with Crippen LogP contribution in [0.3, 0.4) is 0 Å². The maximum Gasteiger partial charge on any atom is 0.387 e. The standard InChI is InChI=1S/C16H19F3N2O3/c17-12-3-1-4-13(24-14(18)19)11(12)9-20-15(22)21-7-8-23-16(10-21)5-2-6-16/h1,3-4,14H,2,5-10H2,(H,20,22). The first-order valence-electron chi connectivity index (χ1n) is 7.88. The highest BCUT2D eigenvalue weighted by Gasteiger charge is 2.43. The van der Waals surface area contributed by atoms with Crippen LogP contribution in [0.15, 0.2) is 18.2 Å². The molecule has 1 spiro atoms. The van der Waals surface area contributed by atoms with Gasteiger partial charge in [-0.1, -0.05) is 6.07 Å². The van der Waals surface area contributed by atoms with Crippen molar-refractivity contribution in [2.75, 3.05) is 19.7 Å². The Hall–Kier alpha value is -1.96. The molecule has 2 amide bonds. The maximum atomic E-state index is 13.9. The van der Waals surface area contributed by atoms with Crippen molar-refractivity contribution in [3.63, 3.8) is 0 Å². The van der Waals surface area contributed by atoms with E-state index in [-0.39, 0.29) is 29.5 Å². The van der Waals surface area contributed by atoms with Crippen molar-refractivity contribution < 1.29 is 27.4 Å². The summed E-state index contributed by atoms with van der Waals surface area (Å²) in [5.74, 6) is -0.978. The van der Waals surface area contributed by atoms with Crippen LogP contribution in [0.1, 0.15) is 24.8 Å². The van der Waals surface area contributed by atoms with Gasteiger partial charge in [0.05, 0.1) is 25.3 Å². The minimum absolute atomic E-state index is 0.0993. The van der Waals surface area contributed by atoms with E-state index in [9.17, 15) is 18.0 Å². The second-order valence-corrected chi connectivity index (χ2v) is 6.06. The third kappa shape index (κ3) is 3.58. The molecule has 1 aliphatic heterocycles. The Kier molecular flexibility index (Phi) is 4.84. The summed E-state index contributed by atoms with van der Waals surface area (Å²) in [5, 5.41) is 2.58. The predicted molar refractivity (Wildman–Crippen MR) is 79.4 cm³/mol. The normalized spacial score (nSPS) is 19.2. The van der Waals surface area contributed by atoms with Crippen LogP contribution < -0.4 is 10.1 Å². The van der Waals surface area contributed by atoms with E-state index in [0.717, 1.165) is 25.3 Å². The molecule has 2 aliphatic rings. The quantitative estimate of drug-likeness (QED) is 0.914. The molecular formula is C16H19F3N2O3. The van der Waals surface area contributed by atoms with Crippen LogP contribution in [-0.2, 0) is 11.3 Å². The molecule has 1 saturated heterocycles. The molecule has 1 aromatic rings. The van der Waals surface area contributed by atoms with Crippen molar-refractivity contribution in [2.45, 2.75) is 38.0 Å². The van der Waals surface area contributed by atoms with Crippen molar-refractivity contribution >= 4 is 6.03 Å². The minimum atomic E-state index is -3.06. The first-order valence-corrected chi connectivity index (χ1v) is 7.88. The number of amides is 2. The number of carbonyl (C=O) groups excluding carboxylic acids is 1. The van der Waals surface area contributed by atoms with Crippen LogP contribution in [0.25, 0.3) is 0 Å². The van der Waals surface area contributed by atoms with Gasteiger partial charge in [-0.05, 0) is 31.4 Å². The van der Waals surface area contributed by atoms with E-state index < -0.39 is 12.4 Å². The van der Waals surface area contributed by atoms with Crippen molar-refractivity contribution in [2.24, 2.45) is 0 Å². The third-order valence-electron chi connectivity index (χ3n) is 4.51. The number of rotatable bonds is 4.